The Morgan fingerprint density at radius 3 is 3.00 bits per heavy atom. The van der Waals surface area contributed by atoms with Crippen molar-refractivity contribution in [3.63, 3.8) is 0 Å². The number of benzene rings is 1. The van der Waals surface area contributed by atoms with Gasteiger partial charge in [-0.25, -0.2) is 0 Å². The molecule has 1 N–H and O–H groups in total. The van der Waals surface area contributed by atoms with E-state index in [1.165, 1.54) is 24.0 Å². The number of rotatable bonds is 6. The summed E-state index contributed by atoms with van der Waals surface area (Å²) >= 11 is 0. The zero-order valence-corrected chi connectivity index (χ0v) is 15.0. The molecule has 2 aliphatic rings. The van der Waals surface area contributed by atoms with Crippen molar-refractivity contribution in [3.8, 4) is 0 Å². The summed E-state index contributed by atoms with van der Waals surface area (Å²) in [6, 6.07) is 6.51. The highest BCUT2D eigenvalue weighted by atomic mass is 16.5. The van der Waals surface area contributed by atoms with Crippen LogP contribution in [0.5, 0.6) is 0 Å². The van der Waals surface area contributed by atoms with Crippen LogP contribution in [0.1, 0.15) is 37.0 Å². The second-order valence-corrected chi connectivity index (χ2v) is 7.58. The monoisotopic (exact) mass is 330 g/mol. The number of morpholine rings is 1. The van der Waals surface area contributed by atoms with E-state index in [0.29, 0.717) is 18.9 Å². The van der Waals surface area contributed by atoms with Crippen LogP contribution in [0.3, 0.4) is 0 Å². The fraction of sp³-hybridized carbons (Fsp3) is 0.650. The Balaban J connectivity index is 1.44. The first-order valence-corrected chi connectivity index (χ1v) is 9.31. The van der Waals surface area contributed by atoms with Gasteiger partial charge in [0.25, 0.3) is 0 Å². The van der Waals surface area contributed by atoms with Gasteiger partial charge in [-0.3, -0.25) is 9.69 Å². The number of nitrogens with zero attached hydrogens (tertiary/aromatic N) is 1. The Hall–Kier alpha value is -1.39. The van der Waals surface area contributed by atoms with E-state index >= 15 is 0 Å². The quantitative estimate of drug-likeness (QED) is 0.869. The molecule has 1 atom stereocenters. The molecule has 0 aromatic heterocycles. The summed E-state index contributed by atoms with van der Waals surface area (Å²) in [7, 11) is 0. The number of nitrogens with one attached hydrogen (secondary N) is 1. The molecule has 1 amide bonds. The van der Waals surface area contributed by atoms with Crippen LogP contribution >= 0.6 is 0 Å². The molecule has 1 aromatic carbocycles. The first-order chi connectivity index (χ1) is 11.6. The molecule has 3 rings (SSSR count). The molecule has 132 valence electrons. The third kappa shape index (κ3) is 4.81. The van der Waals surface area contributed by atoms with Crippen molar-refractivity contribution in [1.82, 2.24) is 10.2 Å². The standard InChI is InChI=1S/C20H30N2O2/c1-15(2)13-22-8-9-24-19(14-22)12-21-20(23)11-16-6-7-17-4-3-5-18(17)10-16/h6-7,10,15,19H,3-5,8-9,11-14H2,1-2H3,(H,21,23)/t19-/m1/s1. The number of fused-ring (bicyclic) bond motifs is 1. The van der Waals surface area contributed by atoms with E-state index in [2.05, 4.69) is 42.3 Å². The molecule has 0 unspecified atom stereocenters. The van der Waals surface area contributed by atoms with Crippen LogP contribution in [0, 0.1) is 5.92 Å². The summed E-state index contributed by atoms with van der Waals surface area (Å²) in [5.74, 6) is 0.760. The molecular weight excluding hydrogens is 300 g/mol. The third-order valence-electron chi connectivity index (χ3n) is 4.90. The Morgan fingerprint density at radius 2 is 2.17 bits per heavy atom. The van der Waals surface area contributed by atoms with E-state index in [4.69, 9.17) is 4.74 Å². The highest BCUT2D eigenvalue weighted by molar-refractivity contribution is 5.78. The second kappa shape index (κ2) is 8.13. The molecule has 1 aliphatic heterocycles. The average molecular weight is 330 g/mol. The molecule has 1 fully saturated rings. The van der Waals surface area contributed by atoms with Crippen molar-refractivity contribution < 1.29 is 9.53 Å². The van der Waals surface area contributed by atoms with Gasteiger partial charge < -0.3 is 10.1 Å². The van der Waals surface area contributed by atoms with E-state index in [-0.39, 0.29) is 12.0 Å². The lowest BCUT2D eigenvalue weighted by atomic mass is 10.0. The summed E-state index contributed by atoms with van der Waals surface area (Å²) in [5.41, 5.74) is 4.01. The summed E-state index contributed by atoms with van der Waals surface area (Å²) in [5, 5.41) is 3.05. The molecule has 0 spiro atoms. The minimum atomic E-state index is 0.0949. The van der Waals surface area contributed by atoms with Crippen molar-refractivity contribution in [3.05, 3.63) is 34.9 Å². The Morgan fingerprint density at radius 1 is 1.33 bits per heavy atom. The fourth-order valence-corrected chi connectivity index (χ4v) is 3.80. The van der Waals surface area contributed by atoms with Crippen LogP contribution in [-0.4, -0.2) is 49.7 Å². The van der Waals surface area contributed by atoms with E-state index in [9.17, 15) is 4.79 Å². The van der Waals surface area contributed by atoms with Gasteiger partial charge in [-0.05, 0) is 41.9 Å². The van der Waals surface area contributed by atoms with Gasteiger partial charge in [0, 0.05) is 26.2 Å². The summed E-state index contributed by atoms with van der Waals surface area (Å²) in [6.07, 6.45) is 4.17. The molecule has 4 nitrogen and oxygen atoms in total. The van der Waals surface area contributed by atoms with Crippen molar-refractivity contribution >= 4 is 5.91 Å². The van der Waals surface area contributed by atoms with E-state index in [1.807, 2.05) is 0 Å². The Kier molecular flexibility index (Phi) is 5.90. The lowest BCUT2D eigenvalue weighted by molar-refractivity contribution is -0.121. The first-order valence-electron chi connectivity index (χ1n) is 9.31. The minimum Gasteiger partial charge on any atom is -0.374 e. The maximum atomic E-state index is 12.2. The van der Waals surface area contributed by atoms with Crippen molar-refractivity contribution in [1.29, 1.82) is 0 Å². The molecule has 1 aromatic rings. The smallest absolute Gasteiger partial charge is 0.224 e. The zero-order valence-electron chi connectivity index (χ0n) is 15.0. The molecule has 1 saturated heterocycles. The van der Waals surface area contributed by atoms with Crippen LogP contribution in [0.15, 0.2) is 18.2 Å². The van der Waals surface area contributed by atoms with Gasteiger partial charge in [0.15, 0.2) is 0 Å². The SMILES string of the molecule is CC(C)CN1CCO[C@H](CNC(=O)Cc2ccc3c(c2)CCC3)C1. The number of carbonyl (C=O) groups is 1. The second-order valence-electron chi connectivity index (χ2n) is 7.58. The highest BCUT2D eigenvalue weighted by Crippen LogP contribution is 2.22. The molecule has 1 heterocycles. The predicted octanol–water partition coefficient (Wildman–Crippen LogP) is 2.19. The topological polar surface area (TPSA) is 41.6 Å². The number of amides is 1. The Labute approximate surface area is 145 Å². The fourth-order valence-electron chi connectivity index (χ4n) is 3.80. The first kappa shape index (κ1) is 17.4. The lowest BCUT2D eigenvalue weighted by Crippen LogP contribution is -2.48. The van der Waals surface area contributed by atoms with Crippen molar-refractivity contribution in [2.75, 3.05) is 32.8 Å². The van der Waals surface area contributed by atoms with Gasteiger partial charge in [-0.2, -0.15) is 0 Å². The summed E-state index contributed by atoms with van der Waals surface area (Å²) in [4.78, 5) is 14.7. The lowest BCUT2D eigenvalue weighted by Gasteiger charge is -2.33. The molecule has 0 radical (unpaired) electrons. The van der Waals surface area contributed by atoms with E-state index in [1.54, 1.807) is 0 Å². The normalized spacial score (nSPS) is 21.0. The van der Waals surface area contributed by atoms with Gasteiger partial charge >= 0.3 is 0 Å². The maximum absolute atomic E-state index is 12.2. The molecular formula is C20H30N2O2. The van der Waals surface area contributed by atoms with Crippen molar-refractivity contribution in [2.24, 2.45) is 5.92 Å². The van der Waals surface area contributed by atoms with E-state index < -0.39 is 0 Å². The predicted molar refractivity (Wildman–Crippen MR) is 96.2 cm³/mol. The zero-order chi connectivity index (χ0) is 16.9. The largest absolute Gasteiger partial charge is 0.374 e. The number of hydrogen-bond donors (Lipinski definition) is 1. The minimum absolute atomic E-state index is 0.0949. The van der Waals surface area contributed by atoms with Crippen LogP contribution in [0.25, 0.3) is 0 Å². The van der Waals surface area contributed by atoms with Crippen LogP contribution in [0.4, 0.5) is 0 Å². The van der Waals surface area contributed by atoms with Gasteiger partial charge in [0.1, 0.15) is 0 Å². The number of carbonyl (C=O) groups excluding carboxylic acids is 1. The Bertz CT molecular complexity index is 571. The van der Waals surface area contributed by atoms with Gasteiger partial charge in [-0.15, -0.1) is 0 Å². The van der Waals surface area contributed by atoms with Gasteiger partial charge in [-0.1, -0.05) is 32.0 Å². The maximum Gasteiger partial charge on any atom is 0.224 e. The molecule has 0 saturated carbocycles. The summed E-state index contributed by atoms with van der Waals surface area (Å²) in [6.45, 7) is 8.86. The van der Waals surface area contributed by atoms with Crippen LogP contribution in [-0.2, 0) is 28.8 Å². The van der Waals surface area contributed by atoms with Gasteiger partial charge in [0.05, 0.1) is 19.1 Å². The van der Waals surface area contributed by atoms with Crippen LogP contribution < -0.4 is 5.32 Å². The van der Waals surface area contributed by atoms with Crippen molar-refractivity contribution in [2.45, 2.75) is 45.6 Å². The number of ether oxygens (including phenoxy) is 1. The molecule has 4 heteroatoms. The number of hydrogen-bond acceptors (Lipinski definition) is 3. The number of aryl methyl sites for hydroxylation is 2. The summed E-state index contributed by atoms with van der Waals surface area (Å²) < 4.78 is 5.79. The van der Waals surface area contributed by atoms with E-state index in [0.717, 1.165) is 38.2 Å². The molecule has 1 aliphatic carbocycles. The average Bonchev–Trinajstić information content (AvgIpc) is 3.00. The third-order valence-corrected chi connectivity index (χ3v) is 4.90. The van der Waals surface area contributed by atoms with Gasteiger partial charge in [0.2, 0.25) is 5.91 Å². The molecule has 0 bridgehead atoms. The highest BCUT2D eigenvalue weighted by Gasteiger charge is 2.21. The van der Waals surface area contributed by atoms with Crippen LogP contribution in [0.2, 0.25) is 0 Å². The molecule has 24 heavy (non-hydrogen) atoms.